The highest BCUT2D eigenvalue weighted by Gasteiger charge is 2.17. The highest BCUT2D eigenvalue weighted by Crippen LogP contribution is 2.22. The third-order valence-electron chi connectivity index (χ3n) is 2.58. The Hall–Kier alpha value is -1.77. The van der Waals surface area contributed by atoms with Gasteiger partial charge in [0.25, 0.3) is 0 Å². The fraction of sp³-hybridized carbons (Fsp3) is 0.154. The van der Waals surface area contributed by atoms with Crippen molar-refractivity contribution in [2.75, 3.05) is 0 Å². The zero-order valence-corrected chi connectivity index (χ0v) is 12.4. The van der Waals surface area contributed by atoms with E-state index < -0.39 is 21.8 Å². The molecule has 0 unspecified atom stereocenters. The Morgan fingerprint density at radius 2 is 2.05 bits per heavy atom. The maximum Gasteiger partial charge on any atom is 0.308 e. The highest BCUT2D eigenvalue weighted by molar-refractivity contribution is 7.91. The molecule has 0 saturated heterocycles. The number of rotatable bonds is 6. The molecule has 2 N–H and O–H groups in total. The van der Waals surface area contributed by atoms with E-state index in [1.807, 2.05) is 0 Å². The Kier molecular flexibility index (Phi) is 4.71. The number of benzene rings is 1. The van der Waals surface area contributed by atoms with Crippen molar-refractivity contribution in [2.45, 2.75) is 17.2 Å². The van der Waals surface area contributed by atoms with Crippen molar-refractivity contribution in [3.8, 4) is 0 Å². The van der Waals surface area contributed by atoms with Crippen molar-refractivity contribution >= 4 is 27.3 Å². The molecule has 5 nitrogen and oxygen atoms in total. The zero-order valence-electron chi connectivity index (χ0n) is 10.7. The van der Waals surface area contributed by atoms with E-state index in [9.17, 15) is 17.6 Å². The number of thiophene rings is 1. The second-order valence-electron chi connectivity index (χ2n) is 4.25. The van der Waals surface area contributed by atoms with Crippen LogP contribution in [0.15, 0.2) is 40.6 Å². The van der Waals surface area contributed by atoms with E-state index in [-0.39, 0.29) is 17.2 Å². The van der Waals surface area contributed by atoms with Gasteiger partial charge in [-0.1, -0.05) is 12.1 Å². The van der Waals surface area contributed by atoms with Crippen LogP contribution < -0.4 is 4.72 Å². The van der Waals surface area contributed by atoms with Crippen LogP contribution in [0.1, 0.15) is 10.4 Å². The molecule has 1 aromatic carbocycles. The summed E-state index contributed by atoms with van der Waals surface area (Å²) in [7, 11) is -3.73. The smallest absolute Gasteiger partial charge is 0.308 e. The average molecular weight is 329 g/mol. The lowest BCUT2D eigenvalue weighted by atomic mass is 10.2. The Labute approximate surface area is 125 Å². The first-order chi connectivity index (χ1) is 9.87. The SMILES string of the molecule is O=C(O)Cc1ccc(S(=O)(=O)NCc2cccc(F)c2)s1. The molecule has 1 aromatic heterocycles. The van der Waals surface area contributed by atoms with Crippen LogP contribution >= 0.6 is 11.3 Å². The second kappa shape index (κ2) is 6.33. The van der Waals surface area contributed by atoms with Crippen molar-refractivity contribution in [1.82, 2.24) is 4.72 Å². The topological polar surface area (TPSA) is 83.5 Å². The van der Waals surface area contributed by atoms with Gasteiger partial charge in [0.2, 0.25) is 10.0 Å². The standard InChI is InChI=1S/C13H12FNO4S2/c14-10-3-1-2-9(6-10)8-15-21(18,19)13-5-4-11(20-13)7-12(16)17/h1-6,15H,7-8H2,(H,16,17). The van der Waals surface area contributed by atoms with Crippen LogP contribution in [0, 0.1) is 5.82 Å². The van der Waals surface area contributed by atoms with Gasteiger partial charge in [-0.15, -0.1) is 11.3 Å². The summed E-state index contributed by atoms with van der Waals surface area (Å²) >= 11 is 0.901. The fourth-order valence-corrected chi connectivity index (χ4v) is 4.05. The lowest BCUT2D eigenvalue weighted by molar-refractivity contribution is -0.136. The summed E-state index contributed by atoms with van der Waals surface area (Å²) < 4.78 is 39.5. The minimum atomic E-state index is -3.73. The molecule has 1 heterocycles. The maximum atomic E-state index is 13.0. The van der Waals surface area contributed by atoms with Crippen molar-refractivity contribution in [2.24, 2.45) is 0 Å². The van der Waals surface area contributed by atoms with E-state index in [1.54, 1.807) is 6.07 Å². The Morgan fingerprint density at radius 1 is 1.29 bits per heavy atom. The molecule has 21 heavy (non-hydrogen) atoms. The molecular weight excluding hydrogens is 317 g/mol. The monoisotopic (exact) mass is 329 g/mol. The normalized spacial score (nSPS) is 11.5. The third kappa shape index (κ3) is 4.35. The minimum Gasteiger partial charge on any atom is -0.481 e. The number of carboxylic acid groups (broad SMARTS) is 1. The minimum absolute atomic E-state index is 0.0355. The summed E-state index contributed by atoms with van der Waals surface area (Å²) in [5, 5.41) is 8.66. The number of halogens is 1. The van der Waals surface area contributed by atoms with Gasteiger partial charge in [0.15, 0.2) is 0 Å². The van der Waals surface area contributed by atoms with Crippen LogP contribution in [-0.2, 0) is 27.8 Å². The number of nitrogens with one attached hydrogen (secondary N) is 1. The van der Waals surface area contributed by atoms with Gasteiger partial charge in [-0.05, 0) is 29.8 Å². The summed E-state index contributed by atoms with van der Waals surface area (Å²) in [6, 6.07) is 8.44. The van der Waals surface area contributed by atoms with Crippen molar-refractivity contribution < 1.29 is 22.7 Å². The first-order valence-electron chi connectivity index (χ1n) is 5.91. The van der Waals surface area contributed by atoms with E-state index >= 15 is 0 Å². The third-order valence-corrected chi connectivity index (χ3v) is 5.56. The van der Waals surface area contributed by atoms with E-state index in [4.69, 9.17) is 5.11 Å². The van der Waals surface area contributed by atoms with Crippen LogP contribution in [0.5, 0.6) is 0 Å². The summed E-state index contributed by atoms with van der Waals surface area (Å²) in [4.78, 5) is 11.0. The predicted octanol–water partition coefficient (Wildman–Crippen LogP) is 1.99. The maximum absolute atomic E-state index is 13.0. The van der Waals surface area contributed by atoms with Crippen molar-refractivity contribution in [1.29, 1.82) is 0 Å². The first kappa shape index (κ1) is 15.6. The summed E-state index contributed by atoms with van der Waals surface area (Å²) in [5.41, 5.74) is 0.501. The molecule has 112 valence electrons. The van der Waals surface area contributed by atoms with E-state index in [1.165, 1.54) is 30.3 Å². The molecule has 8 heteroatoms. The molecular formula is C13H12FNO4S2. The van der Waals surface area contributed by atoms with Crippen LogP contribution in [0.3, 0.4) is 0 Å². The van der Waals surface area contributed by atoms with E-state index in [0.717, 1.165) is 11.3 Å². The van der Waals surface area contributed by atoms with Gasteiger partial charge in [-0.25, -0.2) is 17.5 Å². The average Bonchev–Trinajstić information content (AvgIpc) is 2.85. The number of sulfonamides is 1. The molecule has 0 atom stereocenters. The van der Waals surface area contributed by atoms with Crippen LogP contribution in [0.25, 0.3) is 0 Å². The molecule has 0 aliphatic heterocycles. The Bertz CT molecular complexity index is 755. The van der Waals surface area contributed by atoms with Gasteiger partial charge < -0.3 is 5.11 Å². The number of hydrogen-bond donors (Lipinski definition) is 2. The molecule has 0 radical (unpaired) electrons. The molecule has 0 spiro atoms. The summed E-state index contributed by atoms with van der Waals surface area (Å²) in [5.74, 6) is -1.46. The quantitative estimate of drug-likeness (QED) is 0.849. The molecule has 0 amide bonds. The predicted molar refractivity (Wildman–Crippen MR) is 76.1 cm³/mol. The number of aliphatic carboxylic acids is 1. The summed E-state index contributed by atoms with van der Waals surface area (Å²) in [6.07, 6.45) is -0.218. The van der Waals surface area contributed by atoms with Crippen molar-refractivity contribution in [3.63, 3.8) is 0 Å². The Morgan fingerprint density at radius 3 is 2.71 bits per heavy atom. The van der Waals surface area contributed by atoms with Gasteiger partial charge in [0, 0.05) is 11.4 Å². The van der Waals surface area contributed by atoms with E-state index in [0.29, 0.717) is 10.4 Å². The lowest BCUT2D eigenvalue weighted by Crippen LogP contribution is -2.22. The van der Waals surface area contributed by atoms with Gasteiger partial charge in [0.1, 0.15) is 10.0 Å². The molecule has 0 aliphatic carbocycles. The van der Waals surface area contributed by atoms with Gasteiger partial charge >= 0.3 is 5.97 Å². The lowest BCUT2D eigenvalue weighted by Gasteiger charge is -2.05. The zero-order chi connectivity index (χ0) is 15.5. The van der Waals surface area contributed by atoms with Gasteiger partial charge in [-0.3, -0.25) is 4.79 Å². The molecule has 0 saturated carbocycles. The molecule has 0 aliphatic rings. The van der Waals surface area contributed by atoms with Gasteiger partial charge in [0.05, 0.1) is 6.42 Å². The molecule has 0 bridgehead atoms. The molecule has 0 fully saturated rings. The summed E-state index contributed by atoms with van der Waals surface area (Å²) in [6.45, 7) is -0.0355. The largest absolute Gasteiger partial charge is 0.481 e. The number of carboxylic acids is 1. The first-order valence-corrected chi connectivity index (χ1v) is 8.21. The number of carbonyl (C=O) groups is 1. The second-order valence-corrected chi connectivity index (χ2v) is 7.41. The van der Waals surface area contributed by atoms with Crippen LogP contribution in [-0.4, -0.2) is 19.5 Å². The highest BCUT2D eigenvalue weighted by atomic mass is 32.2. The van der Waals surface area contributed by atoms with Crippen molar-refractivity contribution in [3.05, 3.63) is 52.7 Å². The van der Waals surface area contributed by atoms with Gasteiger partial charge in [-0.2, -0.15) is 0 Å². The molecule has 2 rings (SSSR count). The van der Waals surface area contributed by atoms with Crippen LogP contribution in [0.4, 0.5) is 4.39 Å². The fourth-order valence-electron chi connectivity index (χ4n) is 1.64. The molecule has 2 aromatic rings. The van der Waals surface area contributed by atoms with Crippen LogP contribution in [0.2, 0.25) is 0 Å². The Balaban J connectivity index is 2.08. The number of hydrogen-bond acceptors (Lipinski definition) is 4. The van der Waals surface area contributed by atoms with E-state index in [2.05, 4.69) is 4.72 Å².